The summed E-state index contributed by atoms with van der Waals surface area (Å²) >= 11 is -0.812. The van der Waals surface area contributed by atoms with Crippen LogP contribution >= 0.6 is 0 Å². The molecule has 1 N–H and O–H groups in total. The van der Waals surface area contributed by atoms with Crippen LogP contribution < -0.4 is 18.9 Å². The third kappa shape index (κ3) is 39.7. The van der Waals surface area contributed by atoms with Gasteiger partial charge in [-0.3, -0.25) is 0 Å². The third-order valence-electron chi connectivity index (χ3n) is 0. The van der Waals surface area contributed by atoms with Crippen molar-refractivity contribution >= 4 is 0 Å². The van der Waals surface area contributed by atoms with Crippen molar-refractivity contribution in [1.82, 2.24) is 0 Å². The van der Waals surface area contributed by atoms with Crippen LogP contribution in [0.3, 0.4) is 0 Å². The van der Waals surface area contributed by atoms with Gasteiger partial charge in [-0.05, 0) is 0 Å². The fourth-order valence-corrected chi connectivity index (χ4v) is 0. The Balaban J connectivity index is -0.00000000667. The molecule has 0 aromatic heterocycles. The summed E-state index contributed by atoms with van der Waals surface area (Å²) in [5.74, 6) is 0. The van der Waals surface area contributed by atoms with Crippen molar-refractivity contribution in [2.45, 2.75) is 0 Å². The van der Waals surface area contributed by atoms with Crippen LogP contribution in [0.15, 0.2) is 0 Å². The molecule has 0 spiro atoms. The Morgan fingerprint density at radius 1 is 1.50 bits per heavy atom. The molecule has 0 aliphatic heterocycles. The Bertz CT molecular complexity index is 21.0. The quantitative estimate of drug-likeness (QED) is 0.420. The predicted molar refractivity (Wildman–Crippen MR) is 2.91 cm³/mol. The minimum absolute atomic E-state index is 0. The molecule has 0 aromatic carbocycles. The third-order valence-corrected chi connectivity index (χ3v) is 0. The Kier molecular flexibility index (Phi) is 119. The van der Waals surface area contributed by atoms with E-state index in [0.29, 0.717) is 0 Å². The summed E-state index contributed by atoms with van der Waals surface area (Å²) in [5, 5.41) is 0. The Hall–Kier alpha value is 1.88. The summed E-state index contributed by atoms with van der Waals surface area (Å²) in [6, 6.07) is 0. The summed E-state index contributed by atoms with van der Waals surface area (Å²) in [7, 11) is 0. The molecule has 6 heavy (non-hydrogen) atoms. The molecule has 0 heterocycles. The van der Waals surface area contributed by atoms with E-state index in [4.69, 9.17) is 8.08 Å². The molecule has 0 aliphatic carbocycles. The van der Waals surface area contributed by atoms with Crippen molar-refractivity contribution < 1.29 is 75.5 Å². The molecular formula is HCoLiMnNiO2. The first-order valence-electron chi connectivity index (χ1n) is 0.285. The Morgan fingerprint density at radius 3 is 1.50 bits per heavy atom. The molecule has 1 radical (unpaired) electrons. The van der Waals surface area contributed by atoms with Gasteiger partial charge in [-0.1, -0.05) is 0 Å². The van der Waals surface area contributed by atoms with E-state index in [0.717, 1.165) is 0 Å². The zero-order valence-electron chi connectivity index (χ0n) is 2.88. The van der Waals surface area contributed by atoms with Crippen LogP contribution in [0.5, 0.6) is 0 Å². The molecule has 0 saturated carbocycles. The van der Waals surface area contributed by atoms with Gasteiger partial charge in [-0.2, -0.15) is 0 Å². The minimum atomic E-state index is -0.812. The summed E-state index contributed by atoms with van der Waals surface area (Å²) in [5.41, 5.74) is 0. The fraction of sp³-hybridized carbons (Fsp3) is 0. The van der Waals surface area contributed by atoms with Gasteiger partial charge >= 0.3 is 41.9 Å². The number of rotatable bonds is 0. The predicted octanol–water partition coefficient (Wildman–Crippen LogP) is -3.68. The van der Waals surface area contributed by atoms with Gasteiger partial charge < -0.3 is 0 Å². The van der Waals surface area contributed by atoms with Crippen LogP contribution in [0.4, 0.5) is 0 Å². The first kappa shape index (κ1) is 24.8. The second kappa shape index (κ2) is 28.7. The van der Waals surface area contributed by atoms with Gasteiger partial charge in [-0.15, -0.1) is 0 Å². The summed E-state index contributed by atoms with van der Waals surface area (Å²) in [4.78, 5) is 0. The number of hydrogen-bond acceptors (Lipinski definition) is 1. The van der Waals surface area contributed by atoms with Crippen LogP contribution in [0.25, 0.3) is 0 Å². The van der Waals surface area contributed by atoms with Gasteiger partial charge in [0.2, 0.25) is 0 Å². The van der Waals surface area contributed by atoms with E-state index in [1.165, 1.54) is 0 Å². The Morgan fingerprint density at radius 2 is 1.50 bits per heavy atom. The molecule has 6 heteroatoms. The van der Waals surface area contributed by atoms with Gasteiger partial charge in [0.15, 0.2) is 0 Å². The van der Waals surface area contributed by atoms with Crippen molar-refractivity contribution in [2.75, 3.05) is 0 Å². The molecule has 0 aliphatic rings. The van der Waals surface area contributed by atoms with Crippen molar-refractivity contribution in [2.24, 2.45) is 0 Å². The molecule has 0 atom stereocenters. The van der Waals surface area contributed by atoms with E-state index in [-0.39, 0.29) is 52.4 Å². The first-order chi connectivity index (χ1) is 1.41. The van der Waals surface area contributed by atoms with Gasteiger partial charge in [-0.25, -0.2) is 0 Å². The zero-order chi connectivity index (χ0) is 2.71. The van der Waals surface area contributed by atoms with Crippen LogP contribution in [-0.2, 0) is 52.4 Å². The van der Waals surface area contributed by atoms with Crippen molar-refractivity contribution in [1.29, 1.82) is 0 Å². The van der Waals surface area contributed by atoms with E-state index in [2.05, 4.69) is 0 Å². The van der Waals surface area contributed by atoms with Crippen LogP contribution in [0.2, 0.25) is 0 Å². The molecular weight excluding hydrogens is 212 g/mol. The summed E-state index contributed by atoms with van der Waals surface area (Å²) < 4.78 is 15.4. The van der Waals surface area contributed by atoms with Crippen LogP contribution in [0, 0.1) is 0 Å². The van der Waals surface area contributed by atoms with Crippen LogP contribution in [0.1, 0.15) is 0 Å². The SMILES string of the molecule is [Li+].[Mn].[Ni].[O]=[Co-][OH]. The van der Waals surface area contributed by atoms with E-state index >= 15 is 0 Å². The second-order valence-electron chi connectivity index (χ2n) is 0.0609. The maximum absolute atomic E-state index is 8.45. The maximum atomic E-state index is 8.45. The summed E-state index contributed by atoms with van der Waals surface area (Å²) in [6.45, 7) is 0. The molecule has 0 saturated heterocycles. The van der Waals surface area contributed by atoms with Gasteiger partial charge in [0, 0.05) is 33.6 Å². The fourth-order valence-electron chi connectivity index (χ4n) is 0. The monoisotopic (exact) mass is 212 g/mol. The zero-order valence-corrected chi connectivity index (χ0v) is 6.09. The molecule has 0 rings (SSSR count). The van der Waals surface area contributed by atoms with E-state index < -0.39 is 15.0 Å². The van der Waals surface area contributed by atoms with Crippen LogP contribution in [-0.4, -0.2) is 4.22 Å². The average Bonchev–Trinajstić information content (AvgIpc) is 0.918. The van der Waals surface area contributed by atoms with Gasteiger partial charge in [0.05, 0.1) is 0 Å². The molecule has 40 valence electrons. The van der Waals surface area contributed by atoms with Gasteiger partial charge in [0.1, 0.15) is 0 Å². The molecule has 0 fully saturated rings. The standard InChI is InChI=1S/Co.Li.Mn.Ni.H2O.O/h;;;;1H2;/q;+1;;;;/p-1. The normalized spacial score (nSPS) is 3.50. The van der Waals surface area contributed by atoms with E-state index in [9.17, 15) is 0 Å². The average molecular weight is 213 g/mol. The van der Waals surface area contributed by atoms with Crippen molar-refractivity contribution in [3.63, 3.8) is 0 Å². The first-order valence-corrected chi connectivity index (χ1v) is 1.18. The number of hydrogen-bond donors (Lipinski definition) is 1. The van der Waals surface area contributed by atoms with E-state index in [1.807, 2.05) is 0 Å². The van der Waals surface area contributed by atoms with Crippen molar-refractivity contribution in [3.05, 3.63) is 0 Å². The molecule has 0 bridgehead atoms. The van der Waals surface area contributed by atoms with Crippen molar-refractivity contribution in [3.8, 4) is 0 Å². The summed E-state index contributed by atoms with van der Waals surface area (Å²) in [6.07, 6.45) is 0. The van der Waals surface area contributed by atoms with E-state index in [1.54, 1.807) is 0 Å². The molecule has 0 aromatic rings. The molecule has 2 nitrogen and oxygen atoms in total. The van der Waals surface area contributed by atoms with Gasteiger partial charge in [0.25, 0.3) is 0 Å². The topological polar surface area (TPSA) is 37.3 Å². The second-order valence-corrected chi connectivity index (χ2v) is 0.251. The Labute approximate surface area is 74.9 Å². The molecule has 0 amide bonds. The molecule has 0 unspecified atom stereocenters.